The molecule has 2 heterocycles. The fourth-order valence-electron chi connectivity index (χ4n) is 6.55. The molecule has 0 N–H and O–H groups in total. The quantitative estimate of drug-likeness (QED) is 0.202. The van der Waals surface area contributed by atoms with Crippen molar-refractivity contribution in [3.05, 3.63) is 129 Å². The first kappa shape index (κ1) is 29.6. The van der Waals surface area contributed by atoms with Gasteiger partial charge in [0.05, 0.1) is 0 Å². The molecular weight excluding hydrogens is 615 g/mol. The molecule has 2 nitrogen and oxygen atoms in total. The summed E-state index contributed by atoms with van der Waals surface area (Å²) in [5.74, 6) is 0. The molecule has 0 bridgehead atoms. The Morgan fingerprint density at radius 3 is 2.03 bits per heavy atom. The van der Waals surface area contributed by atoms with Crippen LogP contribution in [-0.2, 0) is 17.4 Å². The van der Waals surface area contributed by atoms with E-state index in [1.807, 2.05) is 24.5 Å². The van der Waals surface area contributed by atoms with Gasteiger partial charge < -0.3 is 0 Å². The predicted octanol–water partition coefficient (Wildman–Crippen LogP) is 8.82. The van der Waals surface area contributed by atoms with Crippen LogP contribution in [0.2, 0.25) is 9.26 Å². The average molecular weight is 649 g/mol. The monoisotopic (exact) mass is 646 g/mol. The van der Waals surface area contributed by atoms with Crippen LogP contribution in [0.3, 0.4) is 0 Å². The number of pyridine rings is 2. The number of halogens is 2. The third-order valence-electron chi connectivity index (χ3n) is 8.23. The van der Waals surface area contributed by atoms with Gasteiger partial charge in [-0.25, -0.2) is 0 Å². The van der Waals surface area contributed by atoms with Crippen LogP contribution < -0.4 is 0 Å². The summed E-state index contributed by atoms with van der Waals surface area (Å²) in [6, 6.07) is 28.1. The van der Waals surface area contributed by atoms with Crippen LogP contribution in [-0.4, -0.2) is 16.8 Å². The summed E-state index contributed by atoms with van der Waals surface area (Å²) in [6.07, 6.45) is 12.1. The molecule has 0 aliphatic heterocycles. The molecule has 2 aromatic heterocycles. The number of hydrogen-bond donors (Lipinski definition) is 0. The second kappa shape index (κ2) is 11.3. The van der Waals surface area contributed by atoms with Crippen molar-refractivity contribution >= 4 is 43.3 Å². The molecule has 0 spiro atoms. The summed E-state index contributed by atoms with van der Waals surface area (Å²) in [6.45, 7) is 4.68. The van der Waals surface area contributed by atoms with Gasteiger partial charge in [-0.05, 0) is 0 Å². The van der Waals surface area contributed by atoms with Gasteiger partial charge in [0, 0.05) is 0 Å². The van der Waals surface area contributed by atoms with Crippen LogP contribution in [0.4, 0.5) is 0 Å². The molecule has 1 atom stereocenters. The SMILES string of the molecule is CC1=[C]([Zr]([CH3])([CH3])(=[SiH2])[CH]2C(c3ccccc3)=Cc3c(-c4ccccn4)cc(-c4ccccn4)cc32)CC=C1.Cl.Cl. The standard InChI is InChI=1S/C25H17N2.C6H7.2CH3.2ClH.H2Si.Zr/c1-2-8-18(9-3-1)19-14-20-15-21(24-10-4-6-12-26-24)17-23(22(20)16-19)25-11-5-7-13-27-25;1-6-4-2-3-5-6;;;;;;/h1-17H;2,4H,3H2,1H3;2*1H3;2*1H;1H2;. The molecule has 6 rings (SSSR count). The minimum atomic E-state index is -3.56. The van der Waals surface area contributed by atoms with Gasteiger partial charge in [0.25, 0.3) is 0 Å². The smallest absolute Gasteiger partial charge is 0.147 e. The largest absolute Gasteiger partial charge is 0.147 e. The zero-order valence-electron chi connectivity index (χ0n) is 22.6. The van der Waals surface area contributed by atoms with Crippen LogP contribution in [0.5, 0.6) is 0 Å². The first-order chi connectivity index (χ1) is 17.8. The van der Waals surface area contributed by atoms with Gasteiger partial charge in [-0.2, -0.15) is 0 Å². The van der Waals surface area contributed by atoms with Gasteiger partial charge in [0.2, 0.25) is 0 Å². The van der Waals surface area contributed by atoms with Crippen LogP contribution in [0.25, 0.3) is 34.2 Å². The molecular formula is C33H34Cl2N2SiZr. The maximum atomic E-state index is 4.80. The topological polar surface area (TPSA) is 25.8 Å². The van der Waals surface area contributed by atoms with Crippen molar-refractivity contribution in [2.45, 2.75) is 26.2 Å². The Balaban J connectivity index is 0.00000176. The van der Waals surface area contributed by atoms with Crippen molar-refractivity contribution in [2.24, 2.45) is 0 Å². The zero-order chi connectivity index (χ0) is 25.6. The number of aromatic nitrogens is 2. The van der Waals surface area contributed by atoms with Gasteiger partial charge in [-0.15, -0.1) is 24.8 Å². The number of rotatable bonds is 5. The van der Waals surface area contributed by atoms with E-state index >= 15 is 0 Å². The van der Waals surface area contributed by atoms with Crippen LogP contribution in [0, 0.1) is 0 Å². The predicted molar refractivity (Wildman–Crippen MR) is 171 cm³/mol. The van der Waals surface area contributed by atoms with Crippen molar-refractivity contribution in [1.82, 2.24) is 9.97 Å². The average Bonchev–Trinajstić information content (AvgIpc) is 3.54. The number of nitrogens with zero attached hydrogens (tertiary/aromatic N) is 2. The van der Waals surface area contributed by atoms with E-state index in [2.05, 4.69) is 108 Å². The van der Waals surface area contributed by atoms with Gasteiger partial charge in [0.1, 0.15) is 0 Å². The van der Waals surface area contributed by atoms with Crippen molar-refractivity contribution < 1.29 is 17.4 Å². The van der Waals surface area contributed by atoms with E-state index in [-0.39, 0.29) is 24.8 Å². The Morgan fingerprint density at radius 2 is 1.44 bits per heavy atom. The summed E-state index contributed by atoms with van der Waals surface area (Å²) in [5, 5.41) is 0. The second-order valence-corrected chi connectivity index (χ2v) is 41.0. The maximum Gasteiger partial charge on any atom is -0.147 e. The van der Waals surface area contributed by atoms with Crippen molar-refractivity contribution in [1.29, 1.82) is 0 Å². The number of fused-ring (bicyclic) bond motifs is 1. The van der Waals surface area contributed by atoms with E-state index in [0.29, 0.717) is 3.63 Å². The Bertz CT molecular complexity index is 1670. The molecule has 0 fully saturated rings. The van der Waals surface area contributed by atoms with E-state index in [4.69, 9.17) is 9.97 Å². The fraction of sp³-hybridized carbons (Fsp3) is 0.152. The summed E-state index contributed by atoms with van der Waals surface area (Å²) >= 11 is -3.56. The molecule has 6 heteroatoms. The van der Waals surface area contributed by atoms with Gasteiger partial charge in [-0.1, -0.05) is 0 Å². The van der Waals surface area contributed by atoms with Crippen molar-refractivity contribution in [3.8, 4) is 22.5 Å². The van der Waals surface area contributed by atoms with E-state index in [9.17, 15) is 0 Å². The first-order valence-corrected chi connectivity index (χ1v) is 26.5. The second-order valence-electron chi connectivity index (χ2n) is 11.4. The third-order valence-corrected chi connectivity index (χ3v) is 25.6. The summed E-state index contributed by atoms with van der Waals surface area (Å²) in [4.78, 5) is 9.55. The molecule has 0 saturated heterocycles. The third kappa shape index (κ3) is 5.25. The molecule has 2 aliphatic rings. The van der Waals surface area contributed by atoms with Crippen molar-refractivity contribution in [3.63, 3.8) is 0 Å². The number of benzene rings is 2. The van der Waals surface area contributed by atoms with E-state index in [1.165, 1.54) is 33.4 Å². The van der Waals surface area contributed by atoms with Gasteiger partial charge in [-0.3, -0.25) is 0 Å². The Labute approximate surface area is 246 Å². The zero-order valence-corrected chi connectivity index (χ0v) is 28.1. The van der Waals surface area contributed by atoms with Crippen LogP contribution in [0.15, 0.2) is 112 Å². The molecule has 39 heavy (non-hydrogen) atoms. The minimum absolute atomic E-state index is 0. The van der Waals surface area contributed by atoms with Gasteiger partial charge in [0.15, 0.2) is 0 Å². The minimum Gasteiger partial charge on any atom is -0.147 e. The summed E-state index contributed by atoms with van der Waals surface area (Å²) in [5.41, 5.74) is 11.4. The molecule has 0 amide bonds. The van der Waals surface area contributed by atoms with Crippen molar-refractivity contribution in [2.75, 3.05) is 0 Å². The summed E-state index contributed by atoms with van der Waals surface area (Å²) in [7, 11) is 0. The molecule has 2 aromatic carbocycles. The summed E-state index contributed by atoms with van der Waals surface area (Å²) < 4.78 is 7.43. The Hall–Kier alpha value is -2.36. The molecule has 0 saturated carbocycles. The van der Waals surface area contributed by atoms with E-state index < -0.39 is 17.4 Å². The van der Waals surface area contributed by atoms with Gasteiger partial charge >= 0.3 is 224 Å². The Morgan fingerprint density at radius 1 is 0.795 bits per heavy atom. The molecule has 4 aromatic rings. The first-order valence-electron chi connectivity index (χ1n) is 13.0. The van der Waals surface area contributed by atoms with Crippen LogP contribution >= 0.6 is 24.8 Å². The van der Waals surface area contributed by atoms with Crippen LogP contribution in [0.1, 0.15) is 33.7 Å². The normalized spacial score (nSPS) is 16.3. The van der Waals surface area contributed by atoms with E-state index in [0.717, 1.165) is 23.4 Å². The molecule has 0 radical (unpaired) electrons. The fourth-order valence-corrected chi connectivity index (χ4v) is 23.9. The number of hydrogen-bond acceptors (Lipinski definition) is 2. The molecule has 1 unspecified atom stereocenters. The Kier molecular flexibility index (Phi) is 8.55. The molecule has 2 aliphatic carbocycles. The molecule has 198 valence electrons. The van der Waals surface area contributed by atoms with E-state index in [1.54, 1.807) is 3.28 Å². The maximum absolute atomic E-state index is 4.80. The number of allylic oxidation sites excluding steroid dienone is 5.